The molecular formula is C18H22N2O3. The molecule has 0 radical (unpaired) electrons. The largest absolute Gasteiger partial charge is 0.462 e. The van der Waals surface area contributed by atoms with E-state index in [9.17, 15) is 9.59 Å². The zero-order valence-electron chi connectivity index (χ0n) is 13.6. The molecule has 0 spiro atoms. The summed E-state index contributed by atoms with van der Waals surface area (Å²) < 4.78 is 7.13. The quantitative estimate of drug-likeness (QED) is 0.884. The third-order valence-corrected chi connectivity index (χ3v) is 4.35. The predicted octanol–water partition coefficient (Wildman–Crippen LogP) is 2.41. The van der Waals surface area contributed by atoms with Gasteiger partial charge < -0.3 is 14.6 Å². The Kier molecular flexibility index (Phi) is 4.48. The zero-order chi connectivity index (χ0) is 16.4. The number of nitrogens with one attached hydrogen (secondary N) is 1. The highest BCUT2D eigenvalue weighted by atomic mass is 16.5. The van der Waals surface area contributed by atoms with Crippen molar-refractivity contribution in [3.05, 3.63) is 45.7 Å². The summed E-state index contributed by atoms with van der Waals surface area (Å²) in [6, 6.07) is 6.06. The normalized spacial score (nSPS) is 18.1. The van der Waals surface area contributed by atoms with Gasteiger partial charge in [0.05, 0.1) is 12.1 Å². The molecule has 23 heavy (non-hydrogen) atoms. The predicted molar refractivity (Wildman–Crippen MR) is 90.0 cm³/mol. The van der Waals surface area contributed by atoms with Gasteiger partial charge in [0.2, 0.25) is 5.43 Å². The summed E-state index contributed by atoms with van der Waals surface area (Å²) in [6.07, 6.45) is 3.79. The molecule has 1 fully saturated rings. The number of ether oxygens (including phenoxy) is 1. The number of carbonyl (C=O) groups is 1. The van der Waals surface area contributed by atoms with Crippen molar-refractivity contribution in [1.29, 1.82) is 0 Å². The number of piperidine rings is 1. The lowest BCUT2D eigenvalue weighted by molar-refractivity contribution is 0.0524. The summed E-state index contributed by atoms with van der Waals surface area (Å²) in [5, 5.41) is 3.97. The van der Waals surface area contributed by atoms with Crippen LogP contribution in [0.5, 0.6) is 0 Å². The van der Waals surface area contributed by atoms with Gasteiger partial charge in [0.25, 0.3) is 0 Å². The summed E-state index contributed by atoms with van der Waals surface area (Å²) in [7, 11) is 0. The number of rotatable bonds is 3. The molecule has 122 valence electrons. The van der Waals surface area contributed by atoms with Crippen molar-refractivity contribution >= 4 is 16.9 Å². The van der Waals surface area contributed by atoms with Crippen LogP contribution in [0.3, 0.4) is 0 Å². The van der Waals surface area contributed by atoms with Crippen molar-refractivity contribution in [2.24, 2.45) is 0 Å². The summed E-state index contributed by atoms with van der Waals surface area (Å²) in [4.78, 5) is 24.9. The van der Waals surface area contributed by atoms with Crippen LogP contribution in [0.25, 0.3) is 10.9 Å². The minimum atomic E-state index is -0.543. The summed E-state index contributed by atoms with van der Waals surface area (Å²) in [5.74, 6) is -0.543. The molecule has 1 saturated heterocycles. The second kappa shape index (κ2) is 6.54. The van der Waals surface area contributed by atoms with Gasteiger partial charge in [0.1, 0.15) is 5.56 Å². The highest BCUT2D eigenvalue weighted by Gasteiger charge is 2.21. The number of benzene rings is 1. The van der Waals surface area contributed by atoms with Gasteiger partial charge in [-0.25, -0.2) is 4.79 Å². The Labute approximate surface area is 135 Å². The van der Waals surface area contributed by atoms with Crippen molar-refractivity contribution in [3.63, 3.8) is 0 Å². The Morgan fingerprint density at radius 2 is 2.26 bits per heavy atom. The van der Waals surface area contributed by atoms with Gasteiger partial charge in [0, 0.05) is 24.2 Å². The standard InChI is InChI=1S/C18H22N2O3/c1-3-23-18(22)15-11-20(13-5-4-8-19-10-13)16-7-6-12(2)9-14(16)17(15)21/h6-7,9,11,13,19H,3-5,8,10H2,1-2H3/t13-/m0/s1. The van der Waals surface area contributed by atoms with E-state index in [1.165, 1.54) is 0 Å². The molecule has 1 aromatic carbocycles. The maximum atomic E-state index is 12.7. The molecule has 0 saturated carbocycles. The monoisotopic (exact) mass is 314 g/mol. The maximum absolute atomic E-state index is 12.7. The van der Waals surface area contributed by atoms with E-state index >= 15 is 0 Å². The average molecular weight is 314 g/mol. The van der Waals surface area contributed by atoms with Crippen LogP contribution in [-0.2, 0) is 4.74 Å². The first-order valence-electron chi connectivity index (χ1n) is 8.15. The number of carbonyl (C=O) groups excluding carboxylic acids is 1. The molecule has 5 heteroatoms. The molecule has 0 bridgehead atoms. The molecule has 5 nitrogen and oxygen atoms in total. The molecule has 2 heterocycles. The first kappa shape index (κ1) is 15.7. The van der Waals surface area contributed by atoms with Crippen molar-refractivity contribution in [3.8, 4) is 0 Å². The molecule has 1 atom stereocenters. The molecular weight excluding hydrogens is 292 g/mol. The summed E-state index contributed by atoms with van der Waals surface area (Å²) >= 11 is 0. The average Bonchev–Trinajstić information content (AvgIpc) is 2.56. The molecule has 0 aliphatic carbocycles. The second-order valence-corrected chi connectivity index (χ2v) is 6.02. The highest BCUT2D eigenvalue weighted by Crippen LogP contribution is 2.23. The highest BCUT2D eigenvalue weighted by molar-refractivity contribution is 5.94. The first-order valence-corrected chi connectivity index (χ1v) is 8.15. The fourth-order valence-electron chi connectivity index (χ4n) is 3.20. The van der Waals surface area contributed by atoms with Crippen LogP contribution in [-0.4, -0.2) is 30.2 Å². The fourth-order valence-corrected chi connectivity index (χ4v) is 3.20. The SMILES string of the molecule is CCOC(=O)c1cn([C@H]2CCCNC2)c2ccc(C)cc2c1=O. The molecule has 1 N–H and O–H groups in total. The molecule has 0 amide bonds. The third-order valence-electron chi connectivity index (χ3n) is 4.35. The lowest BCUT2D eigenvalue weighted by atomic mass is 10.0. The van der Waals surface area contributed by atoms with Crippen molar-refractivity contribution in [2.45, 2.75) is 32.7 Å². The van der Waals surface area contributed by atoms with E-state index in [2.05, 4.69) is 9.88 Å². The molecule has 2 aromatic rings. The van der Waals surface area contributed by atoms with Gasteiger partial charge in [-0.05, 0) is 45.4 Å². The van der Waals surface area contributed by atoms with Gasteiger partial charge >= 0.3 is 5.97 Å². The van der Waals surface area contributed by atoms with E-state index in [4.69, 9.17) is 4.74 Å². The zero-order valence-corrected chi connectivity index (χ0v) is 13.6. The van der Waals surface area contributed by atoms with E-state index in [0.717, 1.165) is 37.0 Å². The fraction of sp³-hybridized carbons (Fsp3) is 0.444. The van der Waals surface area contributed by atoms with E-state index in [1.807, 2.05) is 25.1 Å². The van der Waals surface area contributed by atoms with Crippen LogP contribution in [0, 0.1) is 6.92 Å². The van der Waals surface area contributed by atoms with Gasteiger partial charge in [0.15, 0.2) is 0 Å². The smallest absolute Gasteiger partial charge is 0.343 e. The molecule has 1 aliphatic rings. The van der Waals surface area contributed by atoms with Gasteiger partial charge in [-0.2, -0.15) is 0 Å². The number of aryl methyl sites for hydroxylation is 1. The van der Waals surface area contributed by atoms with E-state index < -0.39 is 5.97 Å². The minimum absolute atomic E-state index is 0.121. The molecule has 3 rings (SSSR count). The number of fused-ring (bicyclic) bond motifs is 1. The Morgan fingerprint density at radius 3 is 2.96 bits per heavy atom. The number of pyridine rings is 1. The van der Waals surface area contributed by atoms with Gasteiger partial charge in [-0.1, -0.05) is 11.6 Å². The number of aromatic nitrogens is 1. The summed E-state index contributed by atoms with van der Waals surface area (Å²) in [5.41, 5.74) is 1.75. The summed E-state index contributed by atoms with van der Waals surface area (Å²) in [6.45, 7) is 5.80. The molecule has 1 aliphatic heterocycles. The second-order valence-electron chi connectivity index (χ2n) is 6.02. The Hall–Kier alpha value is -2.14. The van der Waals surface area contributed by atoms with Crippen LogP contribution < -0.4 is 10.7 Å². The number of esters is 1. The van der Waals surface area contributed by atoms with E-state index in [1.54, 1.807) is 13.1 Å². The Balaban J connectivity index is 2.22. The van der Waals surface area contributed by atoms with Crippen LogP contribution in [0.4, 0.5) is 0 Å². The van der Waals surface area contributed by atoms with Crippen LogP contribution in [0.15, 0.2) is 29.2 Å². The van der Waals surface area contributed by atoms with Crippen molar-refractivity contribution < 1.29 is 9.53 Å². The Bertz CT molecular complexity index is 789. The maximum Gasteiger partial charge on any atom is 0.343 e. The van der Waals surface area contributed by atoms with Crippen molar-refractivity contribution in [2.75, 3.05) is 19.7 Å². The van der Waals surface area contributed by atoms with E-state index in [-0.39, 0.29) is 23.6 Å². The third kappa shape index (κ3) is 3.01. The van der Waals surface area contributed by atoms with Crippen LogP contribution in [0.1, 0.15) is 41.7 Å². The minimum Gasteiger partial charge on any atom is -0.462 e. The van der Waals surface area contributed by atoms with E-state index in [0.29, 0.717) is 5.39 Å². The number of hydrogen-bond donors (Lipinski definition) is 1. The lowest BCUT2D eigenvalue weighted by Crippen LogP contribution is -2.33. The molecule has 1 aromatic heterocycles. The van der Waals surface area contributed by atoms with Gasteiger partial charge in [-0.3, -0.25) is 4.79 Å². The molecule has 0 unspecified atom stereocenters. The lowest BCUT2D eigenvalue weighted by Gasteiger charge is -2.27. The van der Waals surface area contributed by atoms with Crippen LogP contribution in [0.2, 0.25) is 0 Å². The van der Waals surface area contributed by atoms with Gasteiger partial charge in [-0.15, -0.1) is 0 Å². The van der Waals surface area contributed by atoms with Crippen LogP contribution >= 0.6 is 0 Å². The topological polar surface area (TPSA) is 60.3 Å². The first-order chi connectivity index (χ1) is 11.1. The Morgan fingerprint density at radius 1 is 1.43 bits per heavy atom. The van der Waals surface area contributed by atoms with Crippen molar-refractivity contribution in [1.82, 2.24) is 9.88 Å². The number of nitrogens with zero attached hydrogens (tertiary/aromatic N) is 1. The number of hydrogen-bond acceptors (Lipinski definition) is 4.